The van der Waals surface area contributed by atoms with E-state index in [-0.39, 0.29) is 18.4 Å². The number of nitrogens with zero attached hydrogens (tertiary/aromatic N) is 1. The molecule has 1 heterocycles. The molecule has 6 heteroatoms. The van der Waals surface area contributed by atoms with Crippen LogP contribution < -0.4 is 16.0 Å². The van der Waals surface area contributed by atoms with Crippen LogP contribution in [0, 0.1) is 0 Å². The van der Waals surface area contributed by atoms with Gasteiger partial charge in [0.05, 0.1) is 6.54 Å². The number of rotatable bonds is 6. The molecule has 0 atom stereocenters. The average Bonchev–Trinajstić information content (AvgIpc) is 2.37. The van der Waals surface area contributed by atoms with Crippen LogP contribution in [0.15, 0.2) is 18.3 Å². The summed E-state index contributed by atoms with van der Waals surface area (Å²) in [6.45, 7) is 5.03. The minimum absolute atomic E-state index is 0.0223. The third-order valence-electron chi connectivity index (χ3n) is 2.16. The average molecular weight is 250 g/mol. The fourth-order valence-electron chi connectivity index (χ4n) is 1.37. The van der Waals surface area contributed by atoms with Crippen molar-refractivity contribution in [3.8, 4) is 0 Å². The number of carbonyl (C=O) groups excluding carboxylic acids is 2. The van der Waals surface area contributed by atoms with Crippen LogP contribution in [0.1, 0.15) is 24.2 Å². The van der Waals surface area contributed by atoms with E-state index in [1.165, 1.54) is 0 Å². The molecule has 2 amide bonds. The minimum Gasteiger partial charge on any atom is -0.370 e. The van der Waals surface area contributed by atoms with E-state index in [1.807, 2.05) is 13.8 Å². The van der Waals surface area contributed by atoms with Gasteiger partial charge in [0.2, 0.25) is 5.91 Å². The molecule has 0 bridgehead atoms. The molecular formula is C12H18N4O2. The van der Waals surface area contributed by atoms with E-state index >= 15 is 0 Å². The Balaban J connectivity index is 2.55. The number of hydrogen-bond acceptors (Lipinski definition) is 4. The van der Waals surface area contributed by atoms with Gasteiger partial charge in [-0.05, 0) is 26.0 Å². The molecule has 18 heavy (non-hydrogen) atoms. The summed E-state index contributed by atoms with van der Waals surface area (Å²) in [6.07, 6.45) is 1.55. The van der Waals surface area contributed by atoms with Gasteiger partial charge in [0.1, 0.15) is 5.82 Å². The number of nitrogens with one attached hydrogen (secondary N) is 3. The molecule has 0 aliphatic carbocycles. The van der Waals surface area contributed by atoms with Gasteiger partial charge in [-0.3, -0.25) is 9.59 Å². The van der Waals surface area contributed by atoms with Crippen molar-refractivity contribution >= 4 is 17.6 Å². The normalized spacial score (nSPS) is 9.67. The Morgan fingerprint density at radius 1 is 1.22 bits per heavy atom. The van der Waals surface area contributed by atoms with Crippen LogP contribution in [0.2, 0.25) is 0 Å². The smallest absolute Gasteiger partial charge is 0.251 e. The molecule has 98 valence electrons. The summed E-state index contributed by atoms with van der Waals surface area (Å²) in [4.78, 5) is 27.0. The Bertz CT molecular complexity index is 420. The zero-order valence-corrected chi connectivity index (χ0v) is 10.6. The van der Waals surface area contributed by atoms with E-state index < -0.39 is 0 Å². The number of pyridine rings is 1. The van der Waals surface area contributed by atoms with Crippen LogP contribution in [0.25, 0.3) is 0 Å². The van der Waals surface area contributed by atoms with Gasteiger partial charge < -0.3 is 16.0 Å². The van der Waals surface area contributed by atoms with Gasteiger partial charge in [-0.15, -0.1) is 0 Å². The first-order chi connectivity index (χ1) is 8.67. The quantitative estimate of drug-likeness (QED) is 0.681. The SMILES string of the molecule is CCNC(=O)CNC(=O)c1ccnc(NCC)c1. The lowest BCUT2D eigenvalue weighted by molar-refractivity contribution is -0.120. The lowest BCUT2D eigenvalue weighted by Gasteiger charge is -2.07. The zero-order valence-electron chi connectivity index (χ0n) is 10.6. The van der Waals surface area contributed by atoms with E-state index in [1.54, 1.807) is 18.3 Å². The van der Waals surface area contributed by atoms with Crippen molar-refractivity contribution in [2.45, 2.75) is 13.8 Å². The second-order valence-corrected chi connectivity index (χ2v) is 3.60. The molecule has 1 aromatic heterocycles. The van der Waals surface area contributed by atoms with E-state index in [9.17, 15) is 9.59 Å². The Morgan fingerprint density at radius 3 is 2.67 bits per heavy atom. The Kier molecular flexibility index (Phi) is 5.63. The number of aromatic nitrogens is 1. The molecule has 0 fully saturated rings. The first-order valence-corrected chi connectivity index (χ1v) is 5.92. The van der Waals surface area contributed by atoms with Gasteiger partial charge >= 0.3 is 0 Å². The monoisotopic (exact) mass is 250 g/mol. The number of likely N-dealkylation sites (N-methyl/N-ethyl adjacent to an activating group) is 1. The fraction of sp³-hybridized carbons (Fsp3) is 0.417. The van der Waals surface area contributed by atoms with Crippen LogP contribution >= 0.6 is 0 Å². The minimum atomic E-state index is -0.289. The van der Waals surface area contributed by atoms with Crippen molar-refractivity contribution in [1.82, 2.24) is 15.6 Å². The fourth-order valence-corrected chi connectivity index (χ4v) is 1.37. The number of hydrogen-bond donors (Lipinski definition) is 3. The molecule has 1 aromatic rings. The second kappa shape index (κ2) is 7.26. The Labute approximate surface area is 106 Å². The predicted octanol–water partition coefficient (Wildman–Crippen LogP) is 0.379. The summed E-state index contributed by atoms with van der Waals surface area (Å²) in [6, 6.07) is 3.25. The molecule has 0 unspecified atom stereocenters. The topological polar surface area (TPSA) is 83.1 Å². The van der Waals surface area contributed by atoms with Gasteiger partial charge in [-0.1, -0.05) is 0 Å². The molecule has 0 aromatic carbocycles. The number of amides is 2. The van der Waals surface area contributed by atoms with E-state index in [0.717, 1.165) is 6.54 Å². The highest BCUT2D eigenvalue weighted by molar-refractivity contribution is 5.96. The van der Waals surface area contributed by atoms with E-state index in [0.29, 0.717) is 17.9 Å². The van der Waals surface area contributed by atoms with Gasteiger partial charge in [0.25, 0.3) is 5.91 Å². The van der Waals surface area contributed by atoms with Crippen molar-refractivity contribution in [2.24, 2.45) is 0 Å². The van der Waals surface area contributed by atoms with Crippen LogP contribution in [-0.2, 0) is 4.79 Å². The summed E-state index contributed by atoms with van der Waals surface area (Å²) < 4.78 is 0. The molecule has 0 aliphatic heterocycles. The molecular weight excluding hydrogens is 232 g/mol. The molecule has 0 aliphatic rings. The second-order valence-electron chi connectivity index (χ2n) is 3.60. The van der Waals surface area contributed by atoms with Crippen LogP contribution in [0.4, 0.5) is 5.82 Å². The van der Waals surface area contributed by atoms with Crippen molar-refractivity contribution in [1.29, 1.82) is 0 Å². The van der Waals surface area contributed by atoms with Gasteiger partial charge in [-0.25, -0.2) is 4.98 Å². The third-order valence-corrected chi connectivity index (χ3v) is 2.16. The van der Waals surface area contributed by atoms with Crippen LogP contribution in [0.5, 0.6) is 0 Å². The molecule has 1 rings (SSSR count). The predicted molar refractivity (Wildman–Crippen MR) is 69.4 cm³/mol. The molecule has 6 nitrogen and oxygen atoms in total. The third kappa shape index (κ3) is 4.40. The van der Waals surface area contributed by atoms with Crippen molar-refractivity contribution in [3.63, 3.8) is 0 Å². The standard InChI is InChI=1S/C12H18N4O2/c1-3-13-10-7-9(5-6-15-10)12(18)16-8-11(17)14-4-2/h5-7H,3-4,8H2,1-2H3,(H,13,15)(H,14,17)(H,16,18). The van der Waals surface area contributed by atoms with E-state index in [2.05, 4.69) is 20.9 Å². The molecule has 0 radical (unpaired) electrons. The zero-order chi connectivity index (χ0) is 13.4. The summed E-state index contributed by atoms with van der Waals surface area (Å²) in [5.74, 6) is 0.151. The first kappa shape index (κ1) is 14.0. The lowest BCUT2D eigenvalue weighted by atomic mass is 10.2. The van der Waals surface area contributed by atoms with Crippen molar-refractivity contribution < 1.29 is 9.59 Å². The van der Waals surface area contributed by atoms with Gasteiger partial charge in [0, 0.05) is 24.8 Å². The Hall–Kier alpha value is -2.11. The van der Waals surface area contributed by atoms with Gasteiger partial charge in [0.15, 0.2) is 0 Å². The molecule has 0 saturated heterocycles. The maximum Gasteiger partial charge on any atom is 0.251 e. The lowest BCUT2D eigenvalue weighted by Crippen LogP contribution is -2.36. The highest BCUT2D eigenvalue weighted by atomic mass is 16.2. The highest BCUT2D eigenvalue weighted by Gasteiger charge is 2.08. The van der Waals surface area contributed by atoms with Crippen LogP contribution in [0.3, 0.4) is 0 Å². The van der Waals surface area contributed by atoms with Gasteiger partial charge in [-0.2, -0.15) is 0 Å². The molecule has 0 saturated carbocycles. The maximum absolute atomic E-state index is 11.8. The molecule has 0 spiro atoms. The summed E-state index contributed by atoms with van der Waals surface area (Å²) >= 11 is 0. The number of carbonyl (C=O) groups is 2. The molecule has 3 N–H and O–H groups in total. The summed E-state index contributed by atoms with van der Waals surface area (Å²) in [7, 11) is 0. The largest absolute Gasteiger partial charge is 0.370 e. The maximum atomic E-state index is 11.8. The van der Waals surface area contributed by atoms with Crippen molar-refractivity contribution in [3.05, 3.63) is 23.9 Å². The first-order valence-electron chi connectivity index (χ1n) is 5.92. The Morgan fingerprint density at radius 2 is 2.00 bits per heavy atom. The van der Waals surface area contributed by atoms with Crippen molar-refractivity contribution in [2.75, 3.05) is 25.0 Å². The number of anilines is 1. The van der Waals surface area contributed by atoms with Crippen LogP contribution in [-0.4, -0.2) is 36.4 Å². The van der Waals surface area contributed by atoms with E-state index in [4.69, 9.17) is 0 Å². The summed E-state index contributed by atoms with van der Waals surface area (Å²) in [5, 5.41) is 8.17. The highest BCUT2D eigenvalue weighted by Crippen LogP contribution is 2.06. The summed E-state index contributed by atoms with van der Waals surface area (Å²) in [5.41, 5.74) is 0.477.